The molecule has 2 aromatic rings. The van der Waals surface area contributed by atoms with Crippen molar-refractivity contribution in [2.24, 2.45) is 5.41 Å². The lowest BCUT2D eigenvalue weighted by Crippen LogP contribution is -2.12. The average molecular weight is 299 g/mol. The van der Waals surface area contributed by atoms with Crippen molar-refractivity contribution in [3.8, 4) is 0 Å². The molecule has 4 heteroatoms. The average Bonchev–Trinajstić information content (AvgIpc) is 2.65. The van der Waals surface area contributed by atoms with Gasteiger partial charge in [0.15, 0.2) is 0 Å². The predicted molar refractivity (Wildman–Crippen MR) is 83.2 cm³/mol. The lowest BCUT2D eigenvalue weighted by atomic mass is 9.92. The Balaban J connectivity index is 2.45. The van der Waals surface area contributed by atoms with Crippen LogP contribution in [0.3, 0.4) is 0 Å². The third-order valence-electron chi connectivity index (χ3n) is 3.20. The molecule has 0 aliphatic heterocycles. The zero-order valence-corrected chi connectivity index (χ0v) is 13.2. The third kappa shape index (κ3) is 3.43. The zero-order chi connectivity index (χ0) is 14.0. The van der Waals surface area contributed by atoms with Crippen LogP contribution in [0.5, 0.6) is 0 Å². The first-order valence-corrected chi connectivity index (χ1v) is 7.53. The number of para-hydroxylation sites is 1. The maximum atomic E-state index is 6.33. The van der Waals surface area contributed by atoms with Crippen LogP contribution in [0.15, 0.2) is 18.2 Å². The van der Waals surface area contributed by atoms with Crippen molar-refractivity contribution in [1.29, 1.82) is 0 Å². The molecular formula is C15H20Cl2N2. The van der Waals surface area contributed by atoms with Gasteiger partial charge in [0.2, 0.25) is 0 Å². The Morgan fingerprint density at radius 2 is 2.00 bits per heavy atom. The van der Waals surface area contributed by atoms with E-state index in [2.05, 4.69) is 30.3 Å². The van der Waals surface area contributed by atoms with Gasteiger partial charge in [-0.2, -0.15) is 0 Å². The molecule has 1 aromatic carbocycles. The van der Waals surface area contributed by atoms with E-state index in [0.717, 1.165) is 41.3 Å². The Morgan fingerprint density at radius 1 is 1.26 bits per heavy atom. The number of aryl methyl sites for hydroxylation is 2. The van der Waals surface area contributed by atoms with Gasteiger partial charge in [-0.1, -0.05) is 38.4 Å². The summed E-state index contributed by atoms with van der Waals surface area (Å²) in [7, 11) is 0. The highest BCUT2D eigenvalue weighted by molar-refractivity contribution is 6.35. The first-order valence-electron chi connectivity index (χ1n) is 6.62. The van der Waals surface area contributed by atoms with Crippen molar-refractivity contribution in [1.82, 2.24) is 9.55 Å². The van der Waals surface area contributed by atoms with Gasteiger partial charge in [-0.3, -0.25) is 0 Å². The standard InChI is InChI=1S/C15H20Cl2N2/c1-15(2,3)8-10-19-13(7-9-16)18-12-6-4-5-11(17)14(12)19/h4-6H,7-10H2,1-3H3. The topological polar surface area (TPSA) is 17.8 Å². The van der Waals surface area contributed by atoms with E-state index in [1.807, 2.05) is 18.2 Å². The quantitative estimate of drug-likeness (QED) is 0.734. The van der Waals surface area contributed by atoms with Gasteiger partial charge in [0.25, 0.3) is 0 Å². The molecule has 0 unspecified atom stereocenters. The molecule has 0 atom stereocenters. The Morgan fingerprint density at radius 3 is 2.63 bits per heavy atom. The molecule has 19 heavy (non-hydrogen) atoms. The van der Waals surface area contributed by atoms with Gasteiger partial charge >= 0.3 is 0 Å². The van der Waals surface area contributed by atoms with Crippen molar-refractivity contribution in [3.05, 3.63) is 29.0 Å². The van der Waals surface area contributed by atoms with Crippen LogP contribution >= 0.6 is 23.2 Å². The lowest BCUT2D eigenvalue weighted by molar-refractivity contribution is 0.350. The number of benzene rings is 1. The lowest BCUT2D eigenvalue weighted by Gasteiger charge is -2.19. The molecule has 0 saturated carbocycles. The van der Waals surface area contributed by atoms with E-state index in [0.29, 0.717) is 5.88 Å². The first kappa shape index (κ1) is 14.7. The normalized spacial score (nSPS) is 12.3. The van der Waals surface area contributed by atoms with Gasteiger partial charge in [0.1, 0.15) is 5.82 Å². The summed E-state index contributed by atoms with van der Waals surface area (Å²) >= 11 is 12.2. The van der Waals surface area contributed by atoms with Crippen LogP contribution in [-0.2, 0) is 13.0 Å². The molecule has 1 heterocycles. The number of aromatic nitrogens is 2. The molecule has 1 aromatic heterocycles. The Hall–Kier alpha value is -0.730. The molecule has 0 aliphatic carbocycles. The fourth-order valence-corrected chi connectivity index (χ4v) is 2.59. The number of fused-ring (bicyclic) bond motifs is 1. The number of halogens is 2. The van der Waals surface area contributed by atoms with E-state index in [-0.39, 0.29) is 5.41 Å². The second kappa shape index (κ2) is 5.72. The Labute approximate surface area is 124 Å². The monoisotopic (exact) mass is 298 g/mol. The summed E-state index contributed by atoms with van der Waals surface area (Å²) in [5.74, 6) is 1.61. The fraction of sp³-hybridized carbons (Fsp3) is 0.533. The highest BCUT2D eigenvalue weighted by atomic mass is 35.5. The summed E-state index contributed by atoms with van der Waals surface area (Å²) in [6.45, 7) is 7.66. The van der Waals surface area contributed by atoms with Crippen LogP contribution in [0.2, 0.25) is 5.02 Å². The molecular weight excluding hydrogens is 279 g/mol. The highest BCUT2D eigenvalue weighted by Gasteiger charge is 2.16. The van der Waals surface area contributed by atoms with Gasteiger partial charge in [-0.25, -0.2) is 4.98 Å². The number of imidazole rings is 1. The Bertz CT molecular complexity index is 567. The van der Waals surface area contributed by atoms with Crippen molar-refractivity contribution < 1.29 is 0 Å². The van der Waals surface area contributed by atoms with Gasteiger partial charge < -0.3 is 4.57 Å². The predicted octanol–water partition coefficient (Wildman–Crippen LogP) is 4.91. The first-order chi connectivity index (χ1) is 8.92. The van der Waals surface area contributed by atoms with Crippen LogP contribution in [0.1, 0.15) is 33.0 Å². The van der Waals surface area contributed by atoms with Gasteiger partial charge in [0, 0.05) is 18.8 Å². The van der Waals surface area contributed by atoms with Crippen LogP contribution < -0.4 is 0 Å². The summed E-state index contributed by atoms with van der Waals surface area (Å²) < 4.78 is 2.23. The van der Waals surface area contributed by atoms with Crippen molar-refractivity contribution in [3.63, 3.8) is 0 Å². The van der Waals surface area contributed by atoms with Crippen LogP contribution in [-0.4, -0.2) is 15.4 Å². The second-order valence-electron chi connectivity index (χ2n) is 6.04. The van der Waals surface area contributed by atoms with Gasteiger partial charge in [-0.15, -0.1) is 11.6 Å². The maximum Gasteiger partial charge on any atom is 0.111 e. The van der Waals surface area contributed by atoms with E-state index >= 15 is 0 Å². The van der Waals surface area contributed by atoms with Crippen molar-refractivity contribution in [2.45, 2.75) is 40.2 Å². The molecule has 0 saturated heterocycles. The van der Waals surface area contributed by atoms with E-state index < -0.39 is 0 Å². The largest absolute Gasteiger partial charge is 0.327 e. The van der Waals surface area contributed by atoms with Crippen molar-refractivity contribution in [2.75, 3.05) is 5.88 Å². The molecule has 0 bridgehead atoms. The SMILES string of the molecule is CC(C)(C)CCn1c(CCCl)nc2cccc(Cl)c21. The summed E-state index contributed by atoms with van der Waals surface area (Å²) in [6, 6.07) is 5.87. The zero-order valence-electron chi connectivity index (χ0n) is 11.7. The van der Waals surface area contributed by atoms with E-state index in [9.17, 15) is 0 Å². The highest BCUT2D eigenvalue weighted by Crippen LogP contribution is 2.27. The summed E-state index contributed by atoms with van der Waals surface area (Å²) in [4.78, 5) is 4.66. The van der Waals surface area contributed by atoms with Crippen molar-refractivity contribution >= 4 is 34.2 Å². The van der Waals surface area contributed by atoms with Crippen LogP contribution in [0.25, 0.3) is 11.0 Å². The second-order valence-corrected chi connectivity index (χ2v) is 6.82. The minimum absolute atomic E-state index is 0.288. The molecule has 0 N–H and O–H groups in total. The summed E-state index contributed by atoms with van der Waals surface area (Å²) in [5.41, 5.74) is 2.28. The minimum atomic E-state index is 0.288. The number of alkyl halides is 1. The third-order valence-corrected chi connectivity index (χ3v) is 3.69. The number of rotatable bonds is 4. The van der Waals surface area contributed by atoms with E-state index in [4.69, 9.17) is 23.2 Å². The van der Waals surface area contributed by atoms with Gasteiger partial charge in [0.05, 0.1) is 16.1 Å². The van der Waals surface area contributed by atoms with Crippen LogP contribution in [0, 0.1) is 5.41 Å². The summed E-state index contributed by atoms with van der Waals surface area (Å²) in [6.07, 6.45) is 1.86. The molecule has 2 rings (SSSR count). The summed E-state index contributed by atoms with van der Waals surface area (Å²) in [5, 5.41) is 0.764. The molecule has 2 nitrogen and oxygen atoms in total. The van der Waals surface area contributed by atoms with E-state index in [1.165, 1.54) is 0 Å². The van der Waals surface area contributed by atoms with Gasteiger partial charge in [-0.05, 0) is 24.0 Å². The smallest absolute Gasteiger partial charge is 0.111 e. The number of hydrogen-bond donors (Lipinski definition) is 0. The maximum absolute atomic E-state index is 6.33. The minimum Gasteiger partial charge on any atom is -0.327 e. The molecule has 0 spiro atoms. The molecule has 0 aliphatic rings. The van der Waals surface area contributed by atoms with Crippen LogP contribution in [0.4, 0.5) is 0 Å². The molecule has 0 radical (unpaired) electrons. The molecule has 0 amide bonds. The van der Waals surface area contributed by atoms with E-state index in [1.54, 1.807) is 0 Å². The molecule has 104 valence electrons. The molecule has 0 fully saturated rings. The Kier molecular flexibility index (Phi) is 4.42. The fourth-order valence-electron chi connectivity index (χ4n) is 2.15. The number of hydrogen-bond acceptors (Lipinski definition) is 1. The number of nitrogens with zero attached hydrogens (tertiary/aromatic N) is 2.